The van der Waals surface area contributed by atoms with Crippen molar-refractivity contribution >= 4 is 10.0 Å². The van der Waals surface area contributed by atoms with Crippen LogP contribution in [0.15, 0.2) is 0 Å². The first-order valence-corrected chi connectivity index (χ1v) is 9.53. The van der Waals surface area contributed by atoms with E-state index in [2.05, 4.69) is 11.8 Å². The van der Waals surface area contributed by atoms with Gasteiger partial charge in [0, 0.05) is 38.8 Å². The number of hydrogen-bond acceptors (Lipinski definition) is 4. The van der Waals surface area contributed by atoms with E-state index in [-0.39, 0.29) is 5.25 Å². The Hall–Kier alpha value is -0.170. The number of nitrogens with zero attached hydrogens (tertiary/aromatic N) is 2. The van der Waals surface area contributed by atoms with Crippen LogP contribution in [0.1, 0.15) is 45.4 Å². The zero-order valence-corrected chi connectivity index (χ0v) is 13.4. The Balaban J connectivity index is 1.90. The summed E-state index contributed by atoms with van der Waals surface area (Å²) >= 11 is 0. The number of sulfonamides is 1. The van der Waals surface area contributed by atoms with Gasteiger partial charge in [-0.15, -0.1) is 0 Å². The molecule has 1 atom stereocenters. The largest absolute Gasteiger partial charge is 0.329 e. The third-order valence-electron chi connectivity index (χ3n) is 4.77. The molecule has 1 unspecified atom stereocenters. The zero-order chi connectivity index (χ0) is 14.6. The Labute approximate surface area is 123 Å². The van der Waals surface area contributed by atoms with Crippen LogP contribution in [0.2, 0.25) is 0 Å². The lowest BCUT2D eigenvalue weighted by atomic mass is 10.1. The number of rotatable bonds is 6. The standard InChI is InChI=1S/C14H29N3O2S/c1-2-5-13(12-15)16-8-10-17(11-9-16)20(18,19)14-6-3-4-7-14/h13-14H,2-12,15H2,1H3. The van der Waals surface area contributed by atoms with E-state index >= 15 is 0 Å². The normalized spacial score (nSPS) is 25.1. The summed E-state index contributed by atoms with van der Waals surface area (Å²) in [4.78, 5) is 2.37. The summed E-state index contributed by atoms with van der Waals surface area (Å²) in [7, 11) is -3.05. The van der Waals surface area contributed by atoms with E-state index < -0.39 is 10.0 Å². The van der Waals surface area contributed by atoms with E-state index in [1.165, 1.54) is 0 Å². The van der Waals surface area contributed by atoms with Crippen LogP contribution in [-0.2, 0) is 10.0 Å². The Morgan fingerprint density at radius 2 is 1.75 bits per heavy atom. The molecule has 1 aliphatic heterocycles. The van der Waals surface area contributed by atoms with Gasteiger partial charge in [0.1, 0.15) is 0 Å². The van der Waals surface area contributed by atoms with Crippen LogP contribution in [0.3, 0.4) is 0 Å². The van der Waals surface area contributed by atoms with Crippen molar-refractivity contribution in [3.05, 3.63) is 0 Å². The Bertz CT molecular complexity index is 385. The molecule has 2 aliphatic rings. The topological polar surface area (TPSA) is 66.6 Å². The molecule has 0 radical (unpaired) electrons. The average Bonchev–Trinajstić information content (AvgIpc) is 3.00. The van der Waals surface area contributed by atoms with Gasteiger partial charge in [-0.2, -0.15) is 4.31 Å². The molecule has 0 spiro atoms. The lowest BCUT2D eigenvalue weighted by Crippen LogP contribution is -2.54. The third-order valence-corrected chi connectivity index (χ3v) is 7.17. The molecule has 5 nitrogen and oxygen atoms in total. The number of piperazine rings is 1. The molecule has 2 fully saturated rings. The van der Waals surface area contributed by atoms with E-state index in [1.807, 2.05) is 0 Å². The fourth-order valence-electron chi connectivity index (χ4n) is 3.50. The summed E-state index contributed by atoms with van der Waals surface area (Å²) in [6.45, 7) is 5.77. The maximum absolute atomic E-state index is 12.5. The van der Waals surface area contributed by atoms with Gasteiger partial charge in [-0.1, -0.05) is 26.2 Å². The maximum Gasteiger partial charge on any atom is 0.217 e. The van der Waals surface area contributed by atoms with Gasteiger partial charge in [-0.3, -0.25) is 4.90 Å². The van der Waals surface area contributed by atoms with Crippen LogP contribution in [0.25, 0.3) is 0 Å². The van der Waals surface area contributed by atoms with Crippen molar-refractivity contribution in [2.45, 2.75) is 56.7 Å². The monoisotopic (exact) mass is 303 g/mol. The molecule has 1 saturated heterocycles. The second-order valence-electron chi connectivity index (χ2n) is 6.06. The van der Waals surface area contributed by atoms with Crippen LogP contribution in [0.5, 0.6) is 0 Å². The lowest BCUT2D eigenvalue weighted by Gasteiger charge is -2.39. The molecular formula is C14H29N3O2S. The molecule has 2 N–H and O–H groups in total. The summed E-state index contributed by atoms with van der Waals surface area (Å²) in [5, 5.41) is -0.116. The van der Waals surface area contributed by atoms with Gasteiger partial charge in [0.2, 0.25) is 10.0 Å². The molecule has 0 aromatic rings. The highest BCUT2D eigenvalue weighted by Gasteiger charge is 2.36. The predicted molar refractivity (Wildman–Crippen MR) is 82.1 cm³/mol. The molecule has 1 aliphatic carbocycles. The SMILES string of the molecule is CCCC(CN)N1CCN(S(=O)(=O)C2CCCC2)CC1. The minimum atomic E-state index is -3.05. The summed E-state index contributed by atoms with van der Waals surface area (Å²) < 4.78 is 26.8. The third kappa shape index (κ3) is 3.53. The molecule has 1 saturated carbocycles. The van der Waals surface area contributed by atoms with Crippen molar-refractivity contribution in [1.82, 2.24) is 9.21 Å². The minimum absolute atomic E-state index is 0.116. The molecule has 0 bridgehead atoms. The second kappa shape index (κ2) is 7.20. The highest BCUT2D eigenvalue weighted by atomic mass is 32.2. The summed E-state index contributed by atoms with van der Waals surface area (Å²) in [6, 6.07) is 0.413. The van der Waals surface area contributed by atoms with Crippen LogP contribution in [0.4, 0.5) is 0 Å². The molecule has 118 valence electrons. The van der Waals surface area contributed by atoms with Gasteiger partial charge in [0.25, 0.3) is 0 Å². The van der Waals surface area contributed by atoms with Crippen LogP contribution < -0.4 is 5.73 Å². The average molecular weight is 303 g/mol. The molecule has 1 heterocycles. The first-order chi connectivity index (χ1) is 9.59. The first kappa shape index (κ1) is 16.2. The smallest absolute Gasteiger partial charge is 0.217 e. The van der Waals surface area contributed by atoms with Gasteiger partial charge < -0.3 is 5.73 Å². The van der Waals surface area contributed by atoms with Gasteiger partial charge in [0.15, 0.2) is 0 Å². The lowest BCUT2D eigenvalue weighted by molar-refractivity contribution is 0.133. The Morgan fingerprint density at radius 1 is 1.15 bits per heavy atom. The summed E-state index contributed by atoms with van der Waals surface area (Å²) in [5.41, 5.74) is 5.84. The van der Waals surface area contributed by atoms with Gasteiger partial charge >= 0.3 is 0 Å². The van der Waals surface area contributed by atoms with Crippen molar-refractivity contribution in [1.29, 1.82) is 0 Å². The van der Waals surface area contributed by atoms with Crippen LogP contribution in [0, 0.1) is 0 Å². The maximum atomic E-state index is 12.5. The highest BCUT2D eigenvalue weighted by molar-refractivity contribution is 7.89. The zero-order valence-electron chi connectivity index (χ0n) is 12.6. The van der Waals surface area contributed by atoms with Crippen molar-refractivity contribution in [2.24, 2.45) is 5.73 Å². The van der Waals surface area contributed by atoms with Crippen LogP contribution >= 0.6 is 0 Å². The molecule has 2 rings (SSSR count). The van der Waals surface area contributed by atoms with Gasteiger partial charge in [-0.25, -0.2) is 8.42 Å². The molecule has 6 heteroatoms. The highest BCUT2D eigenvalue weighted by Crippen LogP contribution is 2.27. The van der Waals surface area contributed by atoms with E-state index in [0.717, 1.165) is 51.6 Å². The fraction of sp³-hybridized carbons (Fsp3) is 1.00. The van der Waals surface area contributed by atoms with Crippen LogP contribution in [-0.4, -0.2) is 61.6 Å². The summed E-state index contributed by atoms with van der Waals surface area (Å²) in [6.07, 6.45) is 6.06. The first-order valence-electron chi connectivity index (χ1n) is 8.02. The quantitative estimate of drug-likeness (QED) is 0.795. The fourth-order valence-corrected chi connectivity index (χ4v) is 5.53. The van der Waals surface area contributed by atoms with E-state index in [1.54, 1.807) is 4.31 Å². The summed E-state index contributed by atoms with van der Waals surface area (Å²) in [5.74, 6) is 0. The number of hydrogen-bond donors (Lipinski definition) is 1. The van der Waals surface area contributed by atoms with E-state index in [0.29, 0.717) is 25.7 Å². The van der Waals surface area contributed by atoms with Crippen molar-refractivity contribution in [2.75, 3.05) is 32.7 Å². The number of nitrogens with two attached hydrogens (primary N) is 1. The molecule has 0 aromatic carbocycles. The van der Waals surface area contributed by atoms with E-state index in [9.17, 15) is 8.42 Å². The molecule has 20 heavy (non-hydrogen) atoms. The molecule has 0 amide bonds. The molecule has 0 aromatic heterocycles. The van der Waals surface area contributed by atoms with Crippen molar-refractivity contribution < 1.29 is 8.42 Å². The Morgan fingerprint density at radius 3 is 2.25 bits per heavy atom. The van der Waals surface area contributed by atoms with Gasteiger partial charge in [-0.05, 0) is 19.3 Å². The predicted octanol–water partition coefficient (Wildman–Crippen LogP) is 1.00. The second-order valence-corrected chi connectivity index (χ2v) is 8.28. The van der Waals surface area contributed by atoms with Gasteiger partial charge in [0.05, 0.1) is 5.25 Å². The van der Waals surface area contributed by atoms with E-state index in [4.69, 9.17) is 5.73 Å². The minimum Gasteiger partial charge on any atom is -0.329 e. The Kier molecular flexibility index (Phi) is 5.84. The van der Waals surface area contributed by atoms with Crippen molar-refractivity contribution in [3.8, 4) is 0 Å². The molecular weight excluding hydrogens is 274 g/mol. The van der Waals surface area contributed by atoms with Crippen molar-refractivity contribution in [3.63, 3.8) is 0 Å².